The number of aromatic nitrogens is 2. The summed E-state index contributed by atoms with van der Waals surface area (Å²) in [6, 6.07) is 11.8. The first kappa shape index (κ1) is 19.1. The Morgan fingerprint density at radius 3 is 2.63 bits per heavy atom. The summed E-state index contributed by atoms with van der Waals surface area (Å²) in [5.41, 5.74) is 2.00. The van der Waals surface area contributed by atoms with E-state index in [1.807, 2.05) is 47.2 Å². The predicted molar refractivity (Wildman–Crippen MR) is 116 cm³/mol. The molecule has 2 saturated heterocycles. The van der Waals surface area contributed by atoms with E-state index >= 15 is 0 Å². The Labute approximate surface area is 179 Å². The molecule has 1 aromatic carbocycles. The van der Waals surface area contributed by atoms with Crippen molar-refractivity contribution in [2.45, 2.75) is 18.4 Å². The van der Waals surface area contributed by atoms with Crippen molar-refractivity contribution < 1.29 is 9.59 Å². The molecular weight excluding hydrogens is 396 g/mol. The van der Waals surface area contributed by atoms with Crippen LogP contribution < -0.4 is 0 Å². The Kier molecular flexibility index (Phi) is 4.90. The smallest absolute Gasteiger partial charge is 0.289 e. The number of carbonyl (C=O) groups excluding carboxylic acids is 2. The third kappa shape index (κ3) is 3.23. The maximum atomic E-state index is 13.3. The van der Waals surface area contributed by atoms with Gasteiger partial charge in [-0.15, -0.1) is 0 Å². The molecule has 0 N–H and O–H groups in total. The van der Waals surface area contributed by atoms with Gasteiger partial charge in [-0.3, -0.25) is 9.59 Å². The number of piperidine rings is 1. The van der Waals surface area contributed by atoms with Crippen molar-refractivity contribution in [1.82, 2.24) is 19.4 Å². The maximum absolute atomic E-state index is 13.3. The SMILES string of the molecule is Cn1ccnc1C(=O)N1CC[C@@H]2[C@H](C1)[C@@H](c1ccsc1)CN2C(=O)c1ccccc1. The Bertz CT molecular complexity index is 1050. The third-order valence-corrected chi connectivity index (χ3v) is 7.18. The number of rotatable bonds is 3. The molecular formula is C23H24N4O2S. The highest BCUT2D eigenvalue weighted by atomic mass is 32.1. The molecule has 3 aromatic rings. The van der Waals surface area contributed by atoms with Gasteiger partial charge in [0, 0.05) is 62.5 Å². The van der Waals surface area contributed by atoms with Crippen molar-refractivity contribution in [1.29, 1.82) is 0 Å². The number of aryl methyl sites for hydroxylation is 1. The Morgan fingerprint density at radius 2 is 1.93 bits per heavy atom. The lowest BCUT2D eigenvalue weighted by Gasteiger charge is -2.38. The van der Waals surface area contributed by atoms with Gasteiger partial charge in [-0.2, -0.15) is 11.3 Å². The summed E-state index contributed by atoms with van der Waals surface area (Å²) in [5, 5.41) is 4.27. The van der Waals surface area contributed by atoms with Crippen molar-refractivity contribution in [3.8, 4) is 0 Å². The van der Waals surface area contributed by atoms with Crippen molar-refractivity contribution >= 4 is 23.2 Å². The van der Waals surface area contributed by atoms with Gasteiger partial charge in [0.2, 0.25) is 0 Å². The number of amides is 2. The highest BCUT2D eigenvalue weighted by Gasteiger charge is 2.48. The first-order valence-electron chi connectivity index (χ1n) is 10.3. The molecule has 2 aliphatic rings. The number of imidazole rings is 1. The van der Waals surface area contributed by atoms with E-state index in [0.717, 1.165) is 12.0 Å². The van der Waals surface area contributed by atoms with E-state index in [1.54, 1.807) is 28.3 Å². The molecule has 0 spiro atoms. The number of hydrogen-bond acceptors (Lipinski definition) is 4. The van der Waals surface area contributed by atoms with Gasteiger partial charge in [-0.05, 0) is 40.9 Å². The molecule has 0 aliphatic carbocycles. The molecule has 4 heterocycles. The van der Waals surface area contributed by atoms with Crippen molar-refractivity contribution in [3.05, 3.63) is 76.5 Å². The van der Waals surface area contributed by atoms with Crippen LogP contribution in [0.1, 0.15) is 38.9 Å². The molecule has 0 radical (unpaired) electrons. The summed E-state index contributed by atoms with van der Waals surface area (Å²) < 4.78 is 1.77. The van der Waals surface area contributed by atoms with E-state index in [0.29, 0.717) is 25.5 Å². The van der Waals surface area contributed by atoms with Crippen LogP contribution in [0.3, 0.4) is 0 Å². The largest absolute Gasteiger partial charge is 0.336 e. The van der Waals surface area contributed by atoms with Gasteiger partial charge in [0.15, 0.2) is 5.82 Å². The Morgan fingerprint density at radius 1 is 1.10 bits per heavy atom. The van der Waals surface area contributed by atoms with E-state index in [2.05, 4.69) is 21.8 Å². The van der Waals surface area contributed by atoms with E-state index in [1.165, 1.54) is 5.56 Å². The highest BCUT2D eigenvalue weighted by molar-refractivity contribution is 7.08. The first-order valence-corrected chi connectivity index (χ1v) is 11.2. The molecule has 30 heavy (non-hydrogen) atoms. The van der Waals surface area contributed by atoms with Crippen LogP contribution in [0.4, 0.5) is 0 Å². The Balaban J connectivity index is 1.43. The van der Waals surface area contributed by atoms with Gasteiger partial charge < -0.3 is 14.4 Å². The lowest BCUT2D eigenvalue weighted by atomic mass is 9.82. The zero-order valence-electron chi connectivity index (χ0n) is 16.8. The molecule has 7 heteroatoms. The second kappa shape index (κ2) is 7.72. The molecule has 154 valence electrons. The van der Waals surface area contributed by atoms with Crippen LogP contribution in [0.5, 0.6) is 0 Å². The minimum absolute atomic E-state index is 0.0298. The predicted octanol–water partition coefficient (Wildman–Crippen LogP) is 3.25. The lowest BCUT2D eigenvalue weighted by Crippen LogP contribution is -2.50. The number of fused-ring (bicyclic) bond motifs is 1. The van der Waals surface area contributed by atoms with E-state index in [9.17, 15) is 9.59 Å². The fraction of sp³-hybridized carbons (Fsp3) is 0.348. The molecule has 2 amide bonds. The van der Waals surface area contributed by atoms with Crippen LogP contribution in [0, 0.1) is 5.92 Å². The van der Waals surface area contributed by atoms with Crippen LogP contribution in [0.25, 0.3) is 0 Å². The summed E-state index contributed by atoms with van der Waals surface area (Å²) in [5.74, 6) is 0.997. The topological polar surface area (TPSA) is 58.4 Å². The van der Waals surface area contributed by atoms with Crippen LogP contribution in [-0.4, -0.2) is 56.8 Å². The summed E-state index contributed by atoms with van der Waals surface area (Å²) in [6.45, 7) is 1.99. The van der Waals surface area contributed by atoms with Gasteiger partial charge in [0.1, 0.15) is 0 Å². The normalized spacial score (nSPS) is 23.4. The van der Waals surface area contributed by atoms with Crippen LogP contribution >= 0.6 is 11.3 Å². The number of likely N-dealkylation sites (tertiary alicyclic amines) is 2. The fourth-order valence-corrected chi connectivity index (χ4v) is 5.68. The summed E-state index contributed by atoms with van der Waals surface area (Å²) in [7, 11) is 1.84. The van der Waals surface area contributed by atoms with E-state index in [-0.39, 0.29) is 29.7 Å². The molecule has 2 aromatic heterocycles. The number of hydrogen-bond donors (Lipinski definition) is 0. The minimum atomic E-state index is -0.0298. The van der Waals surface area contributed by atoms with Gasteiger partial charge in [-0.25, -0.2) is 4.98 Å². The molecule has 3 atom stereocenters. The second-order valence-electron chi connectivity index (χ2n) is 8.12. The molecule has 0 bridgehead atoms. The molecule has 0 saturated carbocycles. The molecule has 2 fully saturated rings. The standard InChI is InChI=1S/C23H24N4O2S/c1-25-11-9-24-21(25)23(29)26-10-7-20-19(13-26)18(17-8-12-30-15-17)14-27(20)22(28)16-5-3-2-4-6-16/h2-6,8-9,11-12,15,18-20H,7,10,13-14H2,1H3/t18-,19-,20-/m1/s1. The number of benzene rings is 1. The minimum Gasteiger partial charge on any atom is -0.336 e. The number of thiophene rings is 1. The van der Waals surface area contributed by atoms with E-state index < -0.39 is 0 Å². The van der Waals surface area contributed by atoms with Gasteiger partial charge in [0.05, 0.1) is 0 Å². The third-order valence-electron chi connectivity index (χ3n) is 6.48. The molecule has 0 unspecified atom stereocenters. The second-order valence-corrected chi connectivity index (χ2v) is 8.90. The van der Waals surface area contributed by atoms with Gasteiger partial charge >= 0.3 is 0 Å². The van der Waals surface area contributed by atoms with Crippen LogP contribution in [0.2, 0.25) is 0 Å². The van der Waals surface area contributed by atoms with Gasteiger partial charge in [0.25, 0.3) is 11.8 Å². The van der Waals surface area contributed by atoms with Crippen LogP contribution in [-0.2, 0) is 7.05 Å². The molecule has 5 rings (SSSR count). The van der Waals surface area contributed by atoms with Crippen molar-refractivity contribution in [3.63, 3.8) is 0 Å². The average molecular weight is 421 g/mol. The summed E-state index contributed by atoms with van der Waals surface area (Å²) >= 11 is 1.68. The van der Waals surface area contributed by atoms with E-state index in [4.69, 9.17) is 0 Å². The van der Waals surface area contributed by atoms with Crippen molar-refractivity contribution in [2.24, 2.45) is 13.0 Å². The Hall–Kier alpha value is -2.93. The average Bonchev–Trinajstić information content (AvgIpc) is 3.52. The lowest BCUT2D eigenvalue weighted by molar-refractivity contribution is 0.0524. The molecule has 6 nitrogen and oxygen atoms in total. The zero-order valence-corrected chi connectivity index (χ0v) is 17.7. The monoisotopic (exact) mass is 420 g/mol. The zero-order chi connectivity index (χ0) is 20.7. The van der Waals surface area contributed by atoms with Gasteiger partial charge in [-0.1, -0.05) is 18.2 Å². The highest BCUT2D eigenvalue weighted by Crippen LogP contribution is 2.42. The number of carbonyl (C=O) groups is 2. The van der Waals surface area contributed by atoms with Crippen LogP contribution in [0.15, 0.2) is 59.6 Å². The molecule has 2 aliphatic heterocycles. The first-order chi connectivity index (χ1) is 14.6. The van der Waals surface area contributed by atoms with Crippen molar-refractivity contribution in [2.75, 3.05) is 19.6 Å². The summed E-state index contributed by atoms with van der Waals surface area (Å²) in [4.78, 5) is 34.6. The fourth-order valence-electron chi connectivity index (χ4n) is 4.95. The quantitative estimate of drug-likeness (QED) is 0.654. The number of nitrogens with zero attached hydrogens (tertiary/aromatic N) is 4. The maximum Gasteiger partial charge on any atom is 0.289 e. The summed E-state index contributed by atoms with van der Waals surface area (Å²) in [6.07, 6.45) is 4.24.